The molecule has 1 aromatic rings. The summed E-state index contributed by atoms with van der Waals surface area (Å²) in [6, 6.07) is 0. The Morgan fingerprint density at radius 3 is 3.07 bits per heavy atom. The van der Waals surface area contributed by atoms with E-state index in [1.54, 1.807) is 11.7 Å². The van der Waals surface area contributed by atoms with E-state index in [0.29, 0.717) is 13.2 Å². The van der Waals surface area contributed by atoms with E-state index in [1.807, 2.05) is 6.92 Å². The number of carbonyl (C=O) groups is 1. The van der Waals surface area contributed by atoms with Crippen molar-refractivity contribution in [2.75, 3.05) is 6.61 Å². The molecule has 0 saturated carbocycles. The highest BCUT2D eigenvalue weighted by Gasteiger charge is 2.27. The molecular formula is C10H14N2O3. The highest BCUT2D eigenvalue weighted by atomic mass is 16.5. The lowest BCUT2D eigenvalue weighted by molar-refractivity contribution is 0.0687. The van der Waals surface area contributed by atoms with Gasteiger partial charge in [0.1, 0.15) is 0 Å². The Morgan fingerprint density at radius 1 is 1.67 bits per heavy atom. The van der Waals surface area contributed by atoms with Crippen molar-refractivity contribution in [3.05, 3.63) is 17.0 Å². The maximum absolute atomic E-state index is 11.0. The van der Waals surface area contributed by atoms with Gasteiger partial charge < -0.3 is 9.84 Å². The second-order valence-corrected chi connectivity index (χ2v) is 3.88. The summed E-state index contributed by atoms with van der Waals surface area (Å²) in [6.07, 6.45) is 0.846. The molecule has 15 heavy (non-hydrogen) atoms. The van der Waals surface area contributed by atoms with E-state index in [4.69, 9.17) is 9.84 Å². The van der Waals surface area contributed by atoms with E-state index in [-0.39, 0.29) is 11.6 Å². The Kier molecular flexibility index (Phi) is 2.48. The minimum atomic E-state index is -0.958. The summed E-state index contributed by atoms with van der Waals surface area (Å²) in [6.45, 7) is 3.15. The van der Waals surface area contributed by atoms with Gasteiger partial charge in [-0.25, -0.2) is 4.79 Å². The van der Waals surface area contributed by atoms with Crippen LogP contribution in [0, 0.1) is 0 Å². The molecule has 1 aliphatic heterocycles. The molecule has 1 atom stereocenters. The lowest BCUT2D eigenvalue weighted by atomic mass is 9.96. The largest absolute Gasteiger partial charge is 0.476 e. The molecule has 1 unspecified atom stereocenters. The summed E-state index contributed by atoms with van der Waals surface area (Å²) >= 11 is 0. The second-order valence-electron chi connectivity index (χ2n) is 3.88. The van der Waals surface area contributed by atoms with Gasteiger partial charge in [-0.05, 0) is 12.3 Å². The Morgan fingerprint density at radius 2 is 2.40 bits per heavy atom. The standard InChI is InChI=1S/C10H14N2O3/c1-6-3-4-15-5-7-8(6)9(10(13)14)11-12(7)2/h6H,3-5H2,1-2H3,(H,13,14). The van der Waals surface area contributed by atoms with Crippen LogP contribution in [0.4, 0.5) is 0 Å². The smallest absolute Gasteiger partial charge is 0.356 e. The molecule has 5 nitrogen and oxygen atoms in total. The Bertz CT molecular complexity index is 398. The quantitative estimate of drug-likeness (QED) is 0.755. The fourth-order valence-electron chi connectivity index (χ4n) is 2.00. The van der Waals surface area contributed by atoms with Crippen LogP contribution >= 0.6 is 0 Å². The number of rotatable bonds is 1. The van der Waals surface area contributed by atoms with Crippen LogP contribution in [0.15, 0.2) is 0 Å². The summed E-state index contributed by atoms with van der Waals surface area (Å²) in [5.74, 6) is -0.761. The number of nitrogens with zero attached hydrogens (tertiary/aromatic N) is 2. The molecule has 0 aliphatic carbocycles. The summed E-state index contributed by atoms with van der Waals surface area (Å²) in [5.41, 5.74) is 1.89. The van der Waals surface area contributed by atoms with E-state index in [1.165, 1.54) is 0 Å². The van der Waals surface area contributed by atoms with E-state index < -0.39 is 5.97 Å². The van der Waals surface area contributed by atoms with Crippen LogP contribution in [0.1, 0.15) is 41.0 Å². The van der Waals surface area contributed by atoms with Gasteiger partial charge in [-0.2, -0.15) is 5.10 Å². The van der Waals surface area contributed by atoms with Gasteiger partial charge >= 0.3 is 5.97 Å². The number of aromatic nitrogens is 2. The van der Waals surface area contributed by atoms with E-state index in [2.05, 4.69) is 5.10 Å². The predicted molar refractivity (Wildman–Crippen MR) is 52.9 cm³/mol. The first-order chi connectivity index (χ1) is 7.11. The van der Waals surface area contributed by atoms with Gasteiger partial charge in [-0.1, -0.05) is 6.92 Å². The Balaban J connectivity index is 2.56. The van der Waals surface area contributed by atoms with Crippen LogP contribution < -0.4 is 0 Å². The van der Waals surface area contributed by atoms with E-state index >= 15 is 0 Å². The van der Waals surface area contributed by atoms with E-state index in [0.717, 1.165) is 17.7 Å². The first-order valence-corrected chi connectivity index (χ1v) is 4.98. The maximum Gasteiger partial charge on any atom is 0.356 e. The van der Waals surface area contributed by atoms with Crippen LogP contribution in [0.5, 0.6) is 0 Å². The minimum Gasteiger partial charge on any atom is -0.476 e. The molecule has 2 heterocycles. The number of hydrogen-bond acceptors (Lipinski definition) is 3. The molecule has 5 heteroatoms. The molecule has 1 N–H and O–H groups in total. The highest BCUT2D eigenvalue weighted by Crippen LogP contribution is 2.29. The van der Waals surface area contributed by atoms with Crippen molar-refractivity contribution < 1.29 is 14.6 Å². The first-order valence-electron chi connectivity index (χ1n) is 4.98. The fraction of sp³-hybridized carbons (Fsp3) is 0.600. The van der Waals surface area contributed by atoms with Crippen LogP contribution in [-0.4, -0.2) is 27.5 Å². The molecule has 0 radical (unpaired) electrons. The number of aryl methyl sites for hydroxylation is 1. The SMILES string of the molecule is CC1CCOCc2c1c(C(=O)O)nn2C. The Hall–Kier alpha value is -1.36. The summed E-state index contributed by atoms with van der Waals surface area (Å²) in [4.78, 5) is 11.0. The molecule has 0 aromatic carbocycles. The second kappa shape index (κ2) is 3.66. The zero-order valence-electron chi connectivity index (χ0n) is 8.86. The third-order valence-corrected chi connectivity index (χ3v) is 2.84. The van der Waals surface area contributed by atoms with Gasteiger partial charge in [0, 0.05) is 19.2 Å². The topological polar surface area (TPSA) is 64.3 Å². The third-order valence-electron chi connectivity index (χ3n) is 2.84. The van der Waals surface area contributed by atoms with Crippen molar-refractivity contribution in [2.24, 2.45) is 7.05 Å². The number of ether oxygens (including phenoxy) is 1. The van der Waals surface area contributed by atoms with Gasteiger partial charge in [0.25, 0.3) is 0 Å². The highest BCUT2D eigenvalue weighted by molar-refractivity contribution is 5.87. The normalized spacial score (nSPS) is 20.8. The molecule has 1 aromatic heterocycles. The Labute approximate surface area is 87.7 Å². The van der Waals surface area contributed by atoms with Gasteiger partial charge in [0.2, 0.25) is 0 Å². The minimum absolute atomic E-state index is 0.172. The van der Waals surface area contributed by atoms with Crippen LogP contribution in [0.2, 0.25) is 0 Å². The number of fused-ring (bicyclic) bond motifs is 1. The molecule has 0 fully saturated rings. The first kappa shape index (κ1) is 10.2. The zero-order valence-corrected chi connectivity index (χ0v) is 8.86. The third kappa shape index (κ3) is 1.63. The number of carboxylic acid groups (broad SMARTS) is 1. The van der Waals surface area contributed by atoms with Crippen LogP contribution in [-0.2, 0) is 18.4 Å². The number of aromatic carboxylic acids is 1. The number of carboxylic acids is 1. The maximum atomic E-state index is 11.0. The molecule has 1 aliphatic rings. The molecule has 0 spiro atoms. The predicted octanol–water partition coefficient (Wildman–Crippen LogP) is 1.14. The average Bonchev–Trinajstić information content (AvgIpc) is 2.38. The lowest BCUT2D eigenvalue weighted by Gasteiger charge is -2.07. The molecule has 0 saturated heterocycles. The van der Waals surface area contributed by atoms with E-state index in [9.17, 15) is 4.79 Å². The monoisotopic (exact) mass is 210 g/mol. The van der Waals surface area contributed by atoms with Gasteiger partial charge in [-0.3, -0.25) is 4.68 Å². The van der Waals surface area contributed by atoms with Crippen LogP contribution in [0.25, 0.3) is 0 Å². The number of hydrogen-bond donors (Lipinski definition) is 1. The van der Waals surface area contributed by atoms with Crippen LogP contribution in [0.3, 0.4) is 0 Å². The molecule has 0 amide bonds. The van der Waals surface area contributed by atoms with Gasteiger partial charge in [0.15, 0.2) is 5.69 Å². The molecule has 82 valence electrons. The van der Waals surface area contributed by atoms with Crippen molar-refractivity contribution in [2.45, 2.75) is 25.9 Å². The van der Waals surface area contributed by atoms with Crippen molar-refractivity contribution in [3.63, 3.8) is 0 Å². The fourth-order valence-corrected chi connectivity index (χ4v) is 2.00. The summed E-state index contributed by atoms with van der Waals surface area (Å²) in [5, 5.41) is 13.1. The van der Waals surface area contributed by atoms with Gasteiger partial charge in [-0.15, -0.1) is 0 Å². The van der Waals surface area contributed by atoms with Crippen molar-refractivity contribution in [1.29, 1.82) is 0 Å². The summed E-state index contributed by atoms with van der Waals surface area (Å²) < 4.78 is 7.02. The van der Waals surface area contributed by atoms with Gasteiger partial charge in [0.05, 0.1) is 12.3 Å². The van der Waals surface area contributed by atoms with Crippen molar-refractivity contribution >= 4 is 5.97 Å². The molecule has 2 rings (SSSR count). The average molecular weight is 210 g/mol. The molecule has 0 bridgehead atoms. The lowest BCUT2D eigenvalue weighted by Crippen LogP contribution is -2.05. The summed E-state index contributed by atoms with van der Waals surface area (Å²) in [7, 11) is 1.76. The van der Waals surface area contributed by atoms with Crippen molar-refractivity contribution in [1.82, 2.24) is 9.78 Å². The zero-order chi connectivity index (χ0) is 11.0. The van der Waals surface area contributed by atoms with Crippen molar-refractivity contribution in [3.8, 4) is 0 Å². The molecular weight excluding hydrogens is 196 g/mol.